The van der Waals surface area contributed by atoms with Crippen molar-refractivity contribution in [1.29, 1.82) is 0 Å². The largest absolute Gasteiger partial charge is 0.483 e. The van der Waals surface area contributed by atoms with Crippen LogP contribution in [0.1, 0.15) is 5.69 Å². The fourth-order valence-electron chi connectivity index (χ4n) is 2.49. The highest BCUT2D eigenvalue weighted by Crippen LogP contribution is 2.24. The number of aromatic nitrogens is 4. The first-order valence-corrected chi connectivity index (χ1v) is 6.98. The SMILES string of the molecule is Nc1nccc(N2C[C@@H](Cc3cnccn3)[C@H](O)C2)n1.O=CO. The summed E-state index contributed by atoms with van der Waals surface area (Å²) in [5, 5.41) is 17.1. The average Bonchev–Trinajstić information content (AvgIpc) is 2.90. The Morgan fingerprint density at radius 3 is 2.74 bits per heavy atom. The maximum absolute atomic E-state index is 10.2. The van der Waals surface area contributed by atoms with Crippen LogP contribution in [0.25, 0.3) is 0 Å². The lowest BCUT2D eigenvalue weighted by atomic mass is 10.0. The highest BCUT2D eigenvalue weighted by atomic mass is 16.3. The number of rotatable bonds is 3. The molecule has 0 aliphatic carbocycles. The number of hydrogen-bond donors (Lipinski definition) is 3. The zero-order valence-corrected chi connectivity index (χ0v) is 12.4. The van der Waals surface area contributed by atoms with Crippen LogP contribution in [0.5, 0.6) is 0 Å². The number of carboxylic acid groups (broad SMARTS) is 1. The predicted molar refractivity (Wildman–Crippen MR) is 82.6 cm³/mol. The molecule has 0 aromatic carbocycles. The van der Waals surface area contributed by atoms with E-state index in [9.17, 15) is 5.11 Å². The number of hydrogen-bond acceptors (Lipinski definition) is 8. The lowest BCUT2D eigenvalue weighted by Gasteiger charge is -2.16. The van der Waals surface area contributed by atoms with Gasteiger partial charge < -0.3 is 20.8 Å². The minimum atomic E-state index is -0.409. The van der Waals surface area contributed by atoms with Crippen LogP contribution in [0, 0.1) is 5.92 Å². The second-order valence-electron chi connectivity index (χ2n) is 5.01. The second kappa shape index (κ2) is 7.99. The molecular weight excluding hydrogens is 300 g/mol. The Kier molecular flexibility index (Phi) is 5.75. The van der Waals surface area contributed by atoms with Gasteiger partial charge in [-0.3, -0.25) is 14.8 Å². The van der Waals surface area contributed by atoms with E-state index in [4.69, 9.17) is 15.6 Å². The Morgan fingerprint density at radius 2 is 2.09 bits per heavy atom. The molecular formula is C14H18N6O3. The highest BCUT2D eigenvalue weighted by molar-refractivity contribution is 5.42. The van der Waals surface area contributed by atoms with Crippen LogP contribution in [0.15, 0.2) is 30.9 Å². The van der Waals surface area contributed by atoms with E-state index in [1.165, 1.54) is 0 Å². The van der Waals surface area contributed by atoms with Crippen LogP contribution in [0.3, 0.4) is 0 Å². The summed E-state index contributed by atoms with van der Waals surface area (Å²) < 4.78 is 0. The summed E-state index contributed by atoms with van der Waals surface area (Å²) in [4.78, 5) is 26.7. The molecule has 0 bridgehead atoms. The molecule has 1 aliphatic rings. The van der Waals surface area contributed by atoms with Crippen molar-refractivity contribution in [3.8, 4) is 0 Å². The maximum atomic E-state index is 10.2. The zero-order valence-electron chi connectivity index (χ0n) is 12.4. The van der Waals surface area contributed by atoms with Crippen molar-refractivity contribution in [3.63, 3.8) is 0 Å². The normalized spacial score (nSPS) is 19.8. The zero-order chi connectivity index (χ0) is 16.7. The number of β-amino-alcohol motifs (C(OH)–C–C–N with tert-alkyl or cyclic N) is 1. The predicted octanol–water partition coefficient (Wildman–Crippen LogP) is -0.411. The first-order valence-electron chi connectivity index (χ1n) is 6.98. The maximum Gasteiger partial charge on any atom is 0.290 e. The Labute approximate surface area is 132 Å². The summed E-state index contributed by atoms with van der Waals surface area (Å²) in [7, 11) is 0. The smallest absolute Gasteiger partial charge is 0.290 e. The third-order valence-electron chi connectivity index (χ3n) is 3.48. The van der Waals surface area contributed by atoms with Crippen molar-refractivity contribution < 1.29 is 15.0 Å². The lowest BCUT2D eigenvalue weighted by Crippen LogP contribution is -2.22. The Hall–Kier alpha value is -2.81. The van der Waals surface area contributed by atoms with Crippen LogP contribution in [-0.4, -0.2) is 55.8 Å². The minimum Gasteiger partial charge on any atom is -0.483 e. The first kappa shape index (κ1) is 16.6. The summed E-state index contributed by atoms with van der Waals surface area (Å²) in [5.41, 5.74) is 6.48. The summed E-state index contributed by atoms with van der Waals surface area (Å²) >= 11 is 0. The fourth-order valence-corrected chi connectivity index (χ4v) is 2.49. The summed E-state index contributed by atoms with van der Waals surface area (Å²) in [6, 6.07) is 1.80. The summed E-state index contributed by atoms with van der Waals surface area (Å²) in [5.74, 6) is 1.11. The van der Waals surface area contributed by atoms with E-state index >= 15 is 0 Å². The number of aliphatic hydroxyl groups excluding tert-OH is 1. The van der Waals surface area contributed by atoms with Crippen LogP contribution in [-0.2, 0) is 11.2 Å². The monoisotopic (exact) mass is 318 g/mol. The standard InChI is InChI=1S/C13H16N6O.CH2O2/c14-13-17-2-1-12(18-13)19-7-9(11(20)8-19)5-10-6-15-3-4-16-10;2-1-3/h1-4,6,9,11,20H,5,7-8H2,(H2,14,17,18);1H,(H,2,3)/t9-,11-;/m1./s1. The van der Waals surface area contributed by atoms with Gasteiger partial charge in [0.2, 0.25) is 5.95 Å². The number of nitrogens with two attached hydrogens (primary N) is 1. The van der Waals surface area contributed by atoms with E-state index in [0.717, 1.165) is 11.5 Å². The van der Waals surface area contributed by atoms with Gasteiger partial charge in [0.1, 0.15) is 5.82 Å². The van der Waals surface area contributed by atoms with Crippen LogP contribution in [0.2, 0.25) is 0 Å². The molecule has 1 aliphatic heterocycles. The fraction of sp³-hybridized carbons (Fsp3) is 0.357. The molecule has 3 rings (SSSR count). The molecule has 9 heteroatoms. The molecule has 0 saturated carbocycles. The molecule has 0 unspecified atom stereocenters. The number of carbonyl (C=O) groups is 1. The van der Waals surface area contributed by atoms with Crippen molar-refractivity contribution in [1.82, 2.24) is 19.9 Å². The third-order valence-corrected chi connectivity index (χ3v) is 3.48. The van der Waals surface area contributed by atoms with Crippen molar-refractivity contribution >= 4 is 18.2 Å². The minimum absolute atomic E-state index is 0.114. The molecule has 2 atom stereocenters. The van der Waals surface area contributed by atoms with Crippen LogP contribution >= 0.6 is 0 Å². The van der Waals surface area contributed by atoms with Gasteiger partial charge in [-0.2, -0.15) is 4.98 Å². The van der Waals surface area contributed by atoms with Gasteiger partial charge in [-0.05, 0) is 12.5 Å². The Morgan fingerprint density at radius 1 is 1.30 bits per heavy atom. The van der Waals surface area contributed by atoms with Gasteiger partial charge in [0.05, 0.1) is 11.8 Å². The van der Waals surface area contributed by atoms with Crippen LogP contribution in [0.4, 0.5) is 11.8 Å². The molecule has 1 saturated heterocycles. The molecule has 4 N–H and O–H groups in total. The van der Waals surface area contributed by atoms with E-state index in [-0.39, 0.29) is 18.3 Å². The van der Waals surface area contributed by atoms with Gasteiger partial charge in [-0.15, -0.1) is 0 Å². The second-order valence-corrected chi connectivity index (χ2v) is 5.01. The summed E-state index contributed by atoms with van der Waals surface area (Å²) in [6.07, 6.45) is 6.96. The van der Waals surface area contributed by atoms with Crippen molar-refractivity contribution in [2.45, 2.75) is 12.5 Å². The molecule has 0 radical (unpaired) electrons. The first-order chi connectivity index (χ1) is 11.1. The van der Waals surface area contributed by atoms with Crippen LogP contribution < -0.4 is 10.6 Å². The molecule has 0 spiro atoms. The summed E-state index contributed by atoms with van der Waals surface area (Å²) in [6.45, 7) is 1.01. The van der Waals surface area contributed by atoms with Gasteiger partial charge in [0.15, 0.2) is 0 Å². The molecule has 1 fully saturated rings. The number of nitrogens with zero attached hydrogens (tertiary/aromatic N) is 5. The van der Waals surface area contributed by atoms with E-state index in [1.54, 1.807) is 30.9 Å². The van der Waals surface area contributed by atoms with Crippen molar-refractivity contribution in [2.24, 2.45) is 5.92 Å². The van der Waals surface area contributed by atoms with E-state index in [2.05, 4.69) is 19.9 Å². The number of nitrogen functional groups attached to an aromatic ring is 1. The van der Waals surface area contributed by atoms with Crippen molar-refractivity contribution in [2.75, 3.05) is 23.7 Å². The van der Waals surface area contributed by atoms with Crippen molar-refractivity contribution in [3.05, 3.63) is 36.5 Å². The van der Waals surface area contributed by atoms with Gasteiger partial charge in [0, 0.05) is 43.8 Å². The Bertz CT molecular complexity index is 627. The molecule has 0 amide bonds. The quantitative estimate of drug-likeness (QED) is 0.644. The molecule has 3 heterocycles. The Balaban J connectivity index is 0.000000595. The number of anilines is 2. The van der Waals surface area contributed by atoms with Gasteiger partial charge in [-0.1, -0.05) is 0 Å². The molecule has 122 valence electrons. The van der Waals surface area contributed by atoms with Gasteiger partial charge in [-0.25, -0.2) is 4.98 Å². The average molecular weight is 318 g/mol. The van der Waals surface area contributed by atoms with Gasteiger partial charge >= 0.3 is 0 Å². The lowest BCUT2D eigenvalue weighted by molar-refractivity contribution is -0.122. The van der Waals surface area contributed by atoms with E-state index in [1.807, 2.05) is 4.90 Å². The third kappa shape index (κ3) is 4.58. The molecule has 2 aromatic rings. The van der Waals surface area contributed by atoms with Gasteiger partial charge in [0.25, 0.3) is 6.47 Å². The highest BCUT2D eigenvalue weighted by Gasteiger charge is 2.32. The topological polar surface area (TPSA) is 138 Å². The van der Waals surface area contributed by atoms with E-state index < -0.39 is 6.10 Å². The molecule has 2 aromatic heterocycles. The molecule has 23 heavy (non-hydrogen) atoms. The molecule has 9 nitrogen and oxygen atoms in total. The van der Waals surface area contributed by atoms with E-state index in [0.29, 0.717) is 19.5 Å². The number of aliphatic hydroxyl groups is 1.